The molecule has 78 valence electrons. The van der Waals surface area contributed by atoms with Crippen molar-refractivity contribution in [1.82, 2.24) is 10.1 Å². The van der Waals surface area contributed by atoms with Crippen molar-refractivity contribution in [3.05, 3.63) is 29.0 Å². The summed E-state index contributed by atoms with van der Waals surface area (Å²) in [5.74, 6) is 1.01. The maximum atomic E-state index is 6.01. The van der Waals surface area contributed by atoms with Crippen LogP contribution in [0.4, 0.5) is 5.69 Å². The lowest BCUT2D eigenvalue weighted by molar-refractivity contribution is 0.423. The van der Waals surface area contributed by atoms with Crippen molar-refractivity contribution in [2.45, 2.75) is 13.3 Å². The van der Waals surface area contributed by atoms with Crippen LogP contribution >= 0.6 is 11.6 Å². The Balaban J connectivity index is 2.53. The van der Waals surface area contributed by atoms with Gasteiger partial charge in [0, 0.05) is 12.1 Å². The van der Waals surface area contributed by atoms with Gasteiger partial charge < -0.3 is 10.3 Å². The van der Waals surface area contributed by atoms with Crippen molar-refractivity contribution in [1.29, 1.82) is 0 Å². The highest BCUT2D eigenvalue weighted by Gasteiger charge is 2.14. The Kier molecular flexibility index (Phi) is 2.60. The Hall–Kier alpha value is -1.55. The SMILES string of the molecule is CCc1noc(-c2c(N)cccc2Cl)n1. The number of anilines is 1. The highest BCUT2D eigenvalue weighted by molar-refractivity contribution is 6.33. The van der Waals surface area contributed by atoms with Gasteiger partial charge in [-0.2, -0.15) is 4.98 Å². The maximum Gasteiger partial charge on any atom is 0.261 e. The van der Waals surface area contributed by atoms with E-state index in [0.29, 0.717) is 34.4 Å². The molecule has 1 heterocycles. The molecular formula is C10H10ClN3O. The Morgan fingerprint density at radius 2 is 2.27 bits per heavy atom. The van der Waals surface area contributed by atoms with Crippen molar-refractivity contribution in [2.75, 3.05) is 5.73 Å². The number of nitrogens with zero attached hydrogens (tertiary/aromatic N) is 2. The molecular weight excluding hydrogens is 214 g/mol. The van der Waals surface area contributed by atoms with Crippen LogP contribution in [0.1, 0.15) is 12.7 Å². The van der Waals surface area contributed by atoms with E-state index in [1.54, 1.807) is 18.2 Å². The van der Waals surface area contributed by atoms with Crippen molar-refractivity contribution < 1.29 is 4.52 Å². The van der Waals surface area contributed by atoms with Gasteiger partial charge in [0.05, 0.1) is 10.6 Å². The van der Waals surface area contributed by atoms with Gasteiger partial charge >= 0.3 is 0 Å². The first-order chi connectivity index (χ1) is 7.22. The van der Waals surface area contributed by atoms with Crippen LogP contribution in [0.3, 0.4) is 0 Å². The summed E-state index contributed by atoms with van der Waals surface area (Å²) in [7, 11) is 0. The number of benzene rings is 1. The summed E-state index contributed by atoms with van der Waals surface area (Å²) in [6.07, 6.45) is 0.716. The van der Waals surface area contributed by atoms with E-state index < -0.39 is 0 Å². The molecule has 4 nitrogen and oxygen atoms in total. The smallest absolute Gasteiger partial charge is 0.261 e. The molecule has 0 spiro atoms. The van der Waals surface area contributed by atoms with Crippen LogP contribution in [-0.4, -0.2) is 10.1 Å². The molecule has 0 saturated heterocycles. The second kappa shape index (κ2) is 3.90. The normalized spacial score (nSPS) is 10.5. The van der Waals surface area contributed by atoms with Gasteiger partial charge in [0.15, 0.2) is 5.82 Å². The number of nitrogen functional groups attached to an aromatic ring is 1. The van der Waals surface area contributed by atoms with Crippen molar-refractivity contribution in [3.63, 3.8) is 0 Å². The zero-order valence-corrected chi connectivity index (χ0v) is 8.95. The van der Waals surface area contributed by atoms with E-state index in [-0.39, 0.29) is 0 Å². The lowest BCUT2D eigenvalue weighted by Crippen LogP contribution is -1.91. The fourth-order valence-corrected chi connectivity index (χ4v) is 1.53. The highest BCUT2D eigenvalue weighted by atomic mass is 35.5. The Morgan fingerprint density at radius 1 is 1.47 bits per heavy atom. The minimum Gasteiger partial charge on any atom is -0.398 e. The van der Waals surface area contributed by atoms with Crippen LogP contribution in [0, 0.1) is 0 Å². The lowest BCUT2D eigenvalue weighted by Gasteiger charge is -2.01. The zero-order valence-electron chi connectivity index (χ0n) is 8.20. The van der Waals surface area contributed by atoms with Gasteiger partial charge in [-0.25, -0.2) is 0 Å². The van der Waals surface area contributed by atoms with Crippen LogP contribution in [0.5, 0.6) is 0 Å². The molecule has 15 heavy (non-hydrogen) atoms. The molecule has 0 atom stereocenters. The van der Waals surface area contributed by atoms with Crippen LogP contribution < -0.4 is 5.73 Å². The van der Waals surface area contributed by atoms with Gasteiger partial charge in [-0.15, -0.1) is 0 Å². The molecule has 1 aromatic heterocycles. The summed E-state index contributed by atoms with van der Waals surface area (Å²) in [5, 5.41) is 4.31. The number of hydrogen-bond donors (Lipinski definition) is 1. The summed E-state index contributed by atoms with van der Waals surface area (Å²) >= 11 is 6.01. The molecule has 0 aliphatic carbocycles. The Morgan fingerprint density at radius 3 is 2.87 bits per heavy atom. The van der Waals surface area contributed by atoms with Gasteiger partial charge in [-0.05, 0) is 12.1 Å². The minimum absolute atomic E-state index is 0.370. The first kappa shape index (κ1) is 9.98. The van der Waals surface area contributed by atoms with E-state index in [2.05, 4.69) is 10.1 Å². The van der Waals surface area contributed by atoms with Crippen LogP contribution in [0.2, 0.25) is 5.02 Å². The molecule has 0 aliphatic rings. The summed E-state index contributed by atoms with van der Waals surface area (Å²) in [6.45, 7) is 1.95. The summed E-state index contributed by atoms with van der Waals surface area (Å²) in [5.41, 5.74) is 6.93. The lowest BCUT2D eigenvalue weighted by atomic mass is 10.2. The Bertz CT molecular complexity index is 461. The first-order valence-electron chi connectivity index (χ1n) is 4.59. The topological polar surface area (TPSA) is 64.9 Å². The standard InChI is InChI=1S/C10H10ClN3O/c1-2-8-13-10(15-14-8)9-6(11)4-3-5-7(9)12/h3-5H,2,12H2,1H3. The molecule has 0 amide bonds. The number of rotatable bonds is 2. The molecule has 0 aliphatic heterocycles. The maximum absolute atomic E-state index is 6.01. The van der Waals surface area contributed by atoms with Crippen molar-refractivity contribution in [3.8, 4) is 11.5 Å². The third-order valence-electron chi connectivity index (χ3n) is 2.04. The van der Waals surface area contributed by atoms with E-state index in [9.17, 15) is 0 Å². The second-order valence-corrected chi connectivity index (χ2v) is 3.48. The first-order valence-corrected chi connectivity index (χ1v) is 4.97. The van der Waals surface area contributed by atoms with Gasteiger partial charge in [-0.3, -0.25) is 0 Å². The molecule has 0 fully saturated rings. The van der Waals surface area contributed by atoms with Crippen LogP contribution in [0.15, 0.2) is 22.7 Å². The summed E-state index contributed by atoms with van der Waals surface area (Å²) in [6, 6.07) is 5.26. The van der Waals surface area contributed by atoms with Gasteiger partial charge in [0.1, 0.15) is 0 Å². The monoisotopic (exact) mass is 223 g/mol. The van der Waals surface area contributed by atoms with E-state index in [0.717, 1.165) is 0 Å². The molecule has 1 aromatic carbocycles. The fraction of sp³-hybridized carbons (Fsp3) is 0.200. The highest BCUT2D eigenvalue weighted by Crippen LogP contribution is 2.31. The number of nitrogens with two attached hydrogens (primary N) is 1. The minimum atomic E-state index is 0.370. The average molecular weight is 224 g/mol. The molecule has 2 N–H and O–H groups in total. The van der Waals surface area contributed by atoms with E-state index >= 15 is 0 Å². The van der Waals surface area contributed by atoms with E-state index in [1.165, 1.54) is 0 Å². The fourth-order valence-electron chi connectivity index (χ4n) is 1.27. The van der Waals surface area contributed by atoms with E-state index in [1.807, 2.05) is 6.92 Å². The molecule has 5 heteroatoms. The third-order valence-corrected chi connectivity index (χ3v) is 2.36. The molecule has 0 bridgehead atoms. The van der Waals surface area contributed by atoms with Gasteiger partial charge in [0.25, 0.3) is 5.89 Å². The average Bonchev–Trinajstić information content (AvgIpc) is 2.66. The molecule has 0 unspecified atom stereocenters. The summed E-state index contributed by atoms with van der Waals surface area (Å²) in [4.78, 5) is 4.18. The molecule has 2 rings (SSSR count). The van der Waals surface area contributed by atoms with Gasteiger partial charge in [-0.1, -0.05) is 29.7 Å². The quantitative estimate of drug-likeness (QED) is 0.795. The predicted molar refractivity (Wildman–Crippen MR) is 58.5 cm³/mol. The van der Waals surface area contributed by atoms with E-state index in [4.69, 9.17) is 21.9 Å². The third kappa shape index (κ3) is 1.80. The Labute approximate surface area is 92.0 Å². The zero-order chi connectivity index (χ0) is 10.8. The van der Waals surface area contributed by atoms with Crippen LogP contribution in [0.25, 0.3) is 11.5 Å². The second-order valence-electron chi connectivity index (χ2n) is 3.07. The number of hydrogen-bond acceptors (Lipinski definition) is 4. The number of aryl methyl sites for hydroxylation is 1. The number of halogens is 1. The number of aromatic nitrogens is 2. The van der Waals surface area contributed by atoms with Crippen molar-refractivity contribution in [2.24, 2.45) is 0 Å². The molecule has 0 saturated carbocycles. The van der Waals surface area contributed by atoms with Crippen LogP contribution in [-0.2, 0) is 6.42 Å². The molecule has 2 aromatic rings. The largest absolute Gasteiger partial charge is 0.398 e. The summed E-state index contributed by atoms with van der Waals surface area (Å²) < 4.78 is 5.08. The predicted octanol–water partition coefficient (Wildman–Crippen LogP) is 2.53. The van der Waals surface area contributed by atoms with Gasteiger partial charge in [0.2, 0.25) is 0 Å². The van der Waals surface area contributed by atoms with Crippen molar-refractivity contribution >= 4 is 17.3 Å². The molecule has 0 radical (unpaired) electrons.